The lowest BCUT2D eigenvalue weighted by Crippen LogP contribution is -2.11. The van der Waals surface area contributed by atoms with Gasteiger partial charge in [-0.15, -0.1) is 0 Å². The molecule has 19 heavy (non-hydrogen) atoms. The zero-order valence-corrected chi connectivity index (χ0v) is 10.4. The zero-order chi connectivity index (χ0) is 14.6. The van der Waals surface area contributed by atoms with E-state index in [0.29, 0.717) is 0 Å². The fraction of sp³-hybridized carbons (Fsp3) is 0.333. The van der Waals surface area contributed by atoms with Crippen LogP contribution in [0.5, 0.6) is 0 Å². The van der Waals surface area contributed by atoms with Crippen molar-refractivity contribution in [3.63, 3.8) is 0 Å². The summed E-state index contributed by atoms with van der Waals surface area (Å²) in [6.45, 7) is 3.23. The van der Waals surface area contributed by atoms with Gasteiger partial charge in [-0.2, -0.15) is 13.2 Å². The lowest BCUT2D eigenvalue weighted by molar-refractivity contribution is -0.141. The second kappa shape index (κ2) is 5.73. The highest BCUT2D eigenvalue weighted by Gasteiger charge is 2.33. The first kappa shape index (κ1) is 15.0. The summed E-state index contributed by atoms with van der Waals surface area (Å²) in [6, 6.07) is 0.858. The molecule has 0 saturated carbocycles. The molecule has 0 radical (unpaired) electrons. The SMILES string of the molecule is CCOC(=O)/C=C/c1nc(C(F)(F)F)cc(C)c1N. The van der Waals surface area contributed by atoms with Gasteiger partial charge in [-0.25, -0.2) is 9.78 Å². The topological polar surface area (TPSA) is 65.2 Å². The van der Waals surface area contributed by atoms with Crippen LogP contribution in [0.4, 0.5) is 18.9 Å². The summed E-state index contributed by atoms with van der Waals surface area (Å²) in [7, 11) is 0. The van der Waals surface area contributed by atoms with E-state index in [0.717, 1.165) is 18.2 Å². The number of anilines is 1. The smallest absolute Gasteiger partial charge is 0.433 e. The number of rotatable bonds is 3. The number of hydrogen-bond acceptors (Lipinski definition) is 4. The lowest BCUT2D eigenvalue weighted by Gasteiger charge is -2.10. The number of alkyl halides is 3. The van der Waals surface area contributed by atoms with Crippen molar-refractivity contribution in [2.45, 2.75) is 20.0 Å². The minimum absolute atomic E-state index is 0.0912. The average Bonchev–Trinajstić information content (AvgIpc) is 2.30. The Balaban J connectivity index is 3.13. The summed E-state index contributed by atoms with van der Waals surface area (Å²) in [6.07, 6.45) is -2.47. The first-order valence-corrected chi connectivity index (χ1v) is 5.44. The number of nitrogen functional groups attached to an aromatic ring is 1. The Morgan fingerprint density at radius 3 is 2.68 bits per heavy atom. The maximum atomic E-state index is 12.6. The standard InChI is InChI=1S/C12H13F3N2O2/c1-3-19-10(18)5-4-8-11(16)7(2)6-9(17-8)12(13,14)15/h4-6H,3,16H2,1-2H3/b5-4+. The van der Waals surface area contributed by atoms with Crippen molar-refractivity contribution in [2.24, 2.45) is 0 Å². The predicted octanol–water partition coefficient (Wildman–Crippen LogP) is 2.57. The summed E-state index contributed by atoms with van der Waals surface area (Å²) in [5.41, 5.74) is 4.79. The molecule has 0 aliphatic heterocycles. The van der Waals surface area contributed by atoms with Gasteiger partial charge in [0.2, 0.25) is 0 Å². The molecule has 1 aromatic rings. The molecule has 1 rings (SSSR count). The van der Waals surface area contributed by atoms with Gasteiger partial charge in [0.1, 0.15) is 5.69 Å². The first-order chi connectivity index (χ1) is 8.75. The van der Waals surface area contributed by atoms with Crippen LogP contribution in [-0.4, -0.2) is 17.6 Å². The van der Waals surface area contributed by atoms with Crippen molar-refractivity contribution in [1.82, 2.24) is 4.98 Å². The largest absolute Gasteiger partial charge is 0.463 e. The van der Waals surface area contributed by atoms with Crippen LogP contribution in [0.25, 0.3) is 6.08 Å². The van der Waals surface area contributed by atoms with E-state index in [4.69, 9.17) is 5.73 Å². The molecule has 104 valence electrons. The minimum Gasteiger partial charge on any atom is -0.463 e. The molecule has 1 heterocycles. The van der Waals surface area contributed by atoms with Crippen molar-refractivity contribution in [3.05, 3.63) is 29.1 Å². The van der Waals surface area contributed by atoms with Crippen molar-refractivity contribution in [3.8, 4) is 0 Å². The molecule has 0 aliphatic rings. The number of aromatic nitrogens is 1. The summed E-state index contributed by atoms with van der Waals surface area (Å²) in [5, 5.41) is 0. The normalized spacial score (nSPS) is 11.8. The van der Waals surface area contributed by atoms with Gasteiger partial charge in [0.15, 0.2) is 0 Å². The van der Waals surface area contributed by atoms with Crippen molar-refractivity contribution >= 4 is 17.7 Å². The van der Waals surface area contributed by atoms with Crippen molar-refractivity contribution in [1.29, 1.82) is 0 Å². The van der Waals surface area contributed by atoms with Gasteiger partial charge in [0.25, 0.3) is 0 Å². The van der Waals surface area contributed by atoms with Gasteiger partial charge in [-0.05, 0) is 31.6 Å². The number of halogens is 3. The number of nitrogens with zero attached hydrogens (tertiary/aromatic N) is 1. The molecular formula is C12H13F3N2O2. The molecule has 0 aromatic carbocycles. The Morgan fingerprint density at radius 1 is 1.53 bits per heavy atom. The predicted molar refractivity (Wildman–Crippen MR) is 64.1 cm³/mol. The monoisotopic (exact) mass is 274 g/mol. The van der Waals surface area contributed by atoms with Crippen LogP contribution < -0.4 is 5.73 Å². The molecule has 7 heteroatoms. The first-order valence-electron chi connectivity index (χ1n) is 5.44. The maximum Gasteiger partial charge on any atom is 0.433 e. The Morgan fingerprint density at radius 2 is 2.16 bits per heavy atom. The van der Waals surface area contributed by atoms with E-state index in [2.05, 4.69) is 9.72 Å². The average molecular weight is 274 g/mol. The third kappa shape index (κ3) is 3.97. The van der Waals surface area contributed by atoms with Gasteiger partial charge in [-0.1, -0.05) is 0 Å². The molecule has 0 unspecified atom stereocenters. The van der Waals surface area contributed by atoms with Crippen LogP contribution in [-0.2, 0) is 15.7 Å². The Labute approximate surface area is 108 Å². The lowest BCUT2D eigenvalue weighted by atomic mass is 10.1. The molecule has 0 saturated heterocycles. The maximum absolute atomic E-state index is 12.6. The number of ether oxygens (including phenoxy) is 1. The fourth-order valence-corrected chi connectivity index (χ4v) is 1.32. The van der Waals surface area contributed by atoms with Crippen molar-refractivity contribution < 1.29 is 22.7 Å². The molecule has 4 nitrogen and oxygen atoms in total. The second-order valence-corrected chi connectivity index (χ2v) is 3.71. The fourth-order valence-electron chi connectivity index (χ4n) is 1.32. The summed E-state index contributed by atoms with van der Waals surface area (Å²) in [4.78, 5) is 14.5. The van der Waals surface area contributed by atoms with Crippen LogP contribution in [0.1, 0.15) is 23.9 Å². The van der Waals surface area contributed by atoms with Crippen molar-refractivity contribution in [2.75, 3.05) is 12.3 Å². The third-order valence-electron chi connectivity index (χ3n) is 2.25. The van der Waals surface area contributed by atoms with Gasteiger partial charge >= 0.3 is 12.1 Å². The van der Waals surface area contributed by atoms with E-state index in [1.165, 1.54) is 6.92 Å². The van der Waals surface area contributed by atoms with E-state index in [1.807, 2.05) is 0 Å². The summed E-state index contributed by atoms with van der Waals surface area (Å²) < 4.78 is 42.4. The summed E-state index contributed by atoms with van der Waals surface area (Å²) in [5.74, 6) is -0.668. The van der Waals surface area contributed by atoms with E-state index in [-0.39, 0.29) is 23.6 Å². The number of carbonyl (C=O) groups excluding carboxylic acids is 1. The van der Waals surface area contributed by atoms with E-state index >= 15 is 0 Å². The number of hydrogen-bond donors (Lipinski definition) is 1. The summed E-state index contributed by atoms with van der Waals surface area (Å²) >= 11 is 0. The number of carbonyl (C=O) groups is 1. The molecule has 0 bridgehead atoms. The number of pyridine rings is 1. The molecule has 0 fully saturated rings. The zero-order valence-electron chi connectivity index (χ0n) is 10.4. The van der Waals surface area contributed by atoms with Crippen LogP contribution in [0.2, 0.25) is 0 Å². The van der Waals surface area contributed by atoms with Gasteiger partial charge in [-0.3, -0.25) is 0 Å². The molecule has 0 amide bonds. The second-order valence-electron chi connectivity index (χ2n) is 3.71. The molecule has 0 spiro atoms. The van der Waals surface area contributed by atoms with Gasteiger partial charge in [0.05, 0.1) is 18.0 Å². The van der Waals surface area contributed by atoms with Crippen LogP contribution in [0, 0.1) is 6.92 Å². The quantitative estimate of drug-likeness (QED) is 0.679. The number of esters is 1. The third-order valence-corrected chi connectivity index (χ3v) is 2.25. The molecule has 2 N–H and O–H groups in total. The molecule has 0 aliphatic carbocycles. The van der Waals surface area contributed by atoms with Crippen LogP contribution in [0.3, 0.4) is 0 Å². The highest BCUT2D eigenvalue weighted by Crippen LogP contribution is 2.30. The number of aryl methyl sites for hydroxylation is 1. The Kier molecular flexibility index (Phi) is 4.52. The van der Waals surface area contributed by atoms with Gasteiger partial charge in [0, 0.05) is 6.08 Å². The van der Waals surface area contributed by atoms with Gasteiger partial charge < -0.3 is 10.5 Å². The highest BCUT2D eigenvalue weighted by atomic mass is 19.4. The molecule has 1 aromatic heterocycles. The molecular weight excluding hydrogens is 261 g/mol. The minimum atomic E-state index is -4.56. The van der Waals surface area contributed by atoms with Crippen LogP contribution in [0.15, 0.2) is 12.1 Å². The molecule has 0 atom stereocenters. The van der Waals surface area contributed by atoms with E-state index < -0.39 is 17.8 Å². The Hall–Kier alpha value is -2.05. The van der Waals surface area contributed by atoms with E-state index in [1.54, 1.807) is 6.92 Å². The Bertz CT molecular complexity index is 510. The van der Waals surface area contributed by atoms with E-state index in [9.17, 15) is 18.0 Å². The highest BCUT2D eigenvalue weighted by molar-refractivity contribution is 5.87. The number of nitrogens with two attached hydrogens (primary N) is 1. The van der Waals surface area contributed by atoms with Crippen LogP contribution >= 0.6 is 0 Å².